The third kappa shape index (κ3) is 4.14. The fraction of sp³-hybridized carbons (Fsp3) is 0.286. The minimum absolute atomic E-state index is 0.117. The van der Waals surface area contributed by atoms with Gasteiger partial charge >= 0.3 is 5.97 Å². The molecule has 1 N–H and O–H groups in total. The lowest BCUT2D eigenvalue weighted by atomic mass is 10.2. The minimum Gasteiger partial charge on any atom is -0.451 e. The zero-order valence-electron chi connectivity index (χ0n) is 15.5. The number of nitrogens with one attached hydrogen (secondary N) is 1. The van der Waals surface area contributed by atoms with Crippen LogP contribution >= 0.6 is 11.3 Å². The highest BCUT2D eigenvalue weighted by Crippen LogP contribution is 2.32. The van der Waals surface area contributed by atoms with Crippen LogP contribution in [-0.4, -0.2) is 34.3 Å². The van der Waals surface area contributed by atoms with Crippen LogP contribution < -0.4 is 5.32 Å². The first-order chi connectivity index (χ1) is 13.6. The van der Waals surface area contributed by atoms with Crippen molar-refractivity contribution in [3.05, 3.63) is 59.6 Å². The van der Waals surface area contributed by atoms with Crippen LogP contribution in [0.2, 0.25) is 0 Å². The number of carbonyl (C=O) groups excluding carboxylic acids is 2. The molecule has 28 heavy (non-hydrogen) atoms. The predicted molar refractivity (Wildman–Crippen MR) is 107 cm³/mol. The summed E-state index contributed by atoms with van der Waals surface area (Å²) >= 11 is 1.55. The highest BCUT2D eigenvalue weighted by atomic mass is 32.1. The molecule has 0 radical (unpaired) electrons. The fourth-order valence-corrected chi connectivity index (χ4v) is 3.73. The van der Waals surface area contributed by atoms with Crippen molar-refractivity contribution in [2.45, 2.75) is 25.8 Å². The van der Waals surface area contributed by atoms with Gasteiger partial charge in [-0.25, -0.2) is 9.48 Å². The van der Waals surface area contributed by atoms with Crippen molar-refractivity contribution < 1.29 is 14.3 Å². The van der Waals surface area contributed by atoms with Crippen molar-refractivity contribution in [1.82, 2.24) is 15.1 Å². The lowest BCUT2D eigenvalue weighted by Gasteiger charge is -2.13. The molecule has 0 aliphatic heterocycles. The molecule has 3 aromatic rings. The lowest BCUT2D eigenvalue weighted by molar-refractivity contribution is -0.125. The second-order valence-electron chi connectivity index (χ2n) is 6.91. The van der Waals surface area contributed by atoms with E-state index < -0.39 is 5.97 Å². The molecule has 2 heterocycles. The van der Waals surface area contributed by atoms with Crippen molar-refractivity contribution in [3.63, 3.8) is 0 Å². The zero-order chi connectivity index (χ0) is 19.5. The van der Waals surface area contributed by atoms with Gasteiger partial charge < -0.3 is 10.1 Å². The monoisotopic (exact) mass is 395 g/mol. The molecular weight excluding hydrogens is 374 g/mol. The van der Waals surface area contributed by atoms with Gasteiger partial charge in [-0.1, -0.05) is 24.3 Å². The Bertz CT molecular complexity index is 962. The first-order valence-electron chi connectivity index (χ1n) is 9.27. The number of amides is 1. The summed E-state index contributed by atoms with van der Waals surface area (Å²) in [6.45, 7) is 1.68. The van der Waals surface area contributed by atoms with E-state index in [4.69, 9.17) is 4.74 Å². The van der Waals surface area contributed by atoms with Crippen molar-refractivity contribution in [1.29, 1.82) is 0 Å². The number of benzene rings is 1. The summed E-state index contributed by atoms with van der Waals surface area (Å²) in [5, 5.41) is 9.42. The van der Waals surface area contributed by atoms with E-state index in [-0.39, 0.29) is 24.2 Å². The van der Waals surface area contributed by atoms with Gasteiger partial charge in [0.1, 0.15) is 5.69 Å². The smallest absolute Gasteiger partial charge is 0.357 e. The Morgan fingerprint density at radius 3 is 2.71 bits per heavy atom. The van der Waals surface area contributed by atoms with E-state index in [2.05, 4.69) is 10.4 Å². The highest BCUT2D eigenvalue weighted by Gasteiger charge is 2.29. The van der Waals surface area contributed by atoms with Gasteiger partial charge in [-0.3, -0.25) is 4.79 Å². The summed E-state index contributed by atoms with van der Waals surface area (Å²) in [7, 11) is 0. The Balaban J connectivity index is 1.52. The van der Waals surface area contributed by atoms with E-state index >= 15 is 0 Å². The molecule has 0 spiro atoms. The summed E-state index contributed by atoms with van der Waals surface area (Å²) < 4.78 is 6.83. The van der Waals surface area contributed by atoms with E-state index in [1.165, 1.54) is 0 Å². The maximum Gasteiger partial charge on any atom is 0.357 e. The lowest BCUT2D eigenvalue weighted by Crippen LogP contribution is -2.37. The second kappa shape index (κ2) is 7.98. The summed E-state index contributed by atoms with van der Waals surface area (Å²) in [4.78, 5) is 25.7. The van der Waals surface area contributed by atoms with Gasteiger partial charge in [-0.2, -0.15) is 5.10 Å². The number of hydrogen-bond acceptors (Lipinski definition) is 5. The van der Waals surface area contributed by atoms with Gasteiger partial charge in [0, 0.05) is 12.1 Å². The quantitative estimate of drug-likeness (QED) is 0.620. The maximum absolute atomic E-state index is 12.7. The van der Waals surface area contributed by atoms with E-state index in [1.807, 2.05) is 54.8 Å². The van der Waals surface area contributed by atoms with Crippen LogP contribution in [0.15, 0.2) is 53.9 Å². The number of carbonyl (C=O) groups is 2. The normalized spacial score (nSPS) is 14.5. The van der Waals surface area contributed by atoms with Crippen molar-refractivity contribution >= 4 is 23.2 Å². The van der Waals surface area contributed by atoms with Gasteiger partial charge in [0.25, 0.3) is 5.91 Å². The molecule has 4 rings (SSSR count). The number of aromatic nitrogens is 2. The molecule has 0 bridgehead atoms. The Morgan fingerprint density at radius 2 is 2.04 bits per heavy atom. The summed E-state index contributed by atoms with van der Waals surface area (Å²) in [5.74, 6) is -0.307. The molecular formula is C21H21N3O3S. The number of esters is 1. The predicted octanol–water partition coefficient (Wildman–Crippen LogP) is 3.67. The number of thiophene rings is 1. The topological polar surface area (TPSA) is 73.2 Å². The fourth-order valence-electron chi connectivity index (χ4n) is 3.05. The average Bonchev–Trinajstić information content (AvgIpc) is 3.24. The molecule has 1 saturated carbocycles. The number of para-hydroxylation sites is 1. The standard InChI is InChI=1S/C21H21N3O3S/c1-14(15-9-10-15)22-20(25)13-27-21(26)18-12-17(19-8-5-11-28-19)23-24(18)16-6-3-2-4-7-16/h2-8,11-12,14-15H,9-10,13H2,1H3,(H,22,25)/t14-/m0/s1. The molecule has 0 unspecified atom stereocenters. The van der Waals surface area contributed by atoms with Crippen LogP contribution in [0.1, 0.15) is 30.3 Å². The average molecular weight is 395 g/mol. The summed E-state index contributed by atoms with van der Waals surface area (Å²) in [6.07, 6.45) is 2.28. The molecule has 1 aliphatic rings. The van der Waals surface area contributed by atoms with Crippen LogP contribution in [0.4, 0.5) is 0 Å². The molecule has 1 aromatic carbocycles. The molecule has 6 nitrogen and oxygen atoms in total. The van der Waals surface area contributed by atoms with Crippen molar-refractivity contribution in [2.24, 2.45) is 5.92 Å². The van der Waals surface area contributed by atoms with Gasteiger partial charge in [-0.15, -0.1) is 11.3 Å². The third-order valence-corrected chi connectivity index (χ3v) is 5.64. The number of hydrogen-bond donors (Lipinski definition) is 1. The Labute approximate surface area is 167 Å². The minimum atomic E-state index is -0.576. The van der Waals surface area contributed by atoms with Gasteiger partial charge in [0.2, 0.25) is 0 Å². The molecule has 7 heteroatoms. The van der Waals surface area contributed by atoms with Gasteiger partial charge in [0.15, 0.2) is 12.3 Å². The molecule has 1 aliphatic carbocycles. The summed E-state index contributed by atoms with van der Waals surface area (Å²) in [5.41, 5.74) is 1.74. The molecule has 1 atom stereocenters. The molecule has 1 amide bonds. The maximum atomic E-state index is 12.7. The number of nitrogens with zero attached hydrogens (tertiary/aromatic N) is 2. The van der Waals surface area contributed by atoms with E-state index in [1.54, 1.807) is 22.1 Å². The molecule has 144 valence electrons. The van der Waals surface area contributed by atoms with Crippen molar-refractivity contribution in [3.8, 4) is 16.3 Å². The van der Waals surface area contributed by atoms with Crippen LogP contribution in [0.3, 0.4) is 0 Å². The summed E-state index contributed by atoms with van der Waals surface area (Å²) in [6, 6.07) is 15.1. The number of rotatable bonds is 7. The Hall–Kier alpha value is -2.93. The zero-order valence-corrected chi connectivity index (χ0v) is 16.3. The Morgan fingerprint density at radius 1 is 1.25 bits per heavy atom. The van der Waals surface area contributed by atoms with Crippen LogP contribution in [0.5, 0.6) is 0 Å². The van der Waals surface area contributed by atoms with Gasteiger partial charge in [-0.05, 0) is 49.3 Å². The second-order valence-corrected chi connectivity index (χ2v) is 7.86. The molecule has 1 fully saturated rings. The van der Waals surface area contributed by atoms with E-state index in [9.17, 15) is 9.59 Å². The molecule has 2 aromatic heterocycles. The van der Waals surface area contributed by atoms with E-state index in [0.29, 0.717) is 11.6 Å². The first kappa shape index (κ1) is 18.4. The largest absolute Gasteiger partial charge is 0.451 e. The van der Waals surface area contributed by atoms with Crippen LogP contribution in [0.25, 0.3) is 16.3 Å². The van der Waals surface area contributed by atoms with E-state index in [0.717, 1.165) is 23.4 Å². The van der Waals surface area contributed by atoms with Crippen molar-refractivity contribution in [2.75, 3.05) is 6.61 Å². The first-order valence-corrected chi connectivity index (χ1v) is 10.2. The van der Waals surface area contributed by atoms with Crippen LogP contribution in [-0.2, 0) is 9.53 Å². The third-order valence-electron chi connectivity index (χ3n) is 4.75. The van der Waals surface area contributed by atoms with Gasteiger partial charge in [0.05, 0.1) is 10.6 Å². The number of ether oxygens (including phenoxy) is 1. The van der Waals surface area contributed by atoms with Crippen LogP contribution in [0, 0.1) is 5.92 Å². The Kier molecular flexibility index (Phi) is 5.25. The SMILES string of the molecule is C[C@H](NC(=O)COC(=O)c1cc(-c2cccs2)nn1-c1ccccc1)C1CC1. The highest BCUT2D eigenvalue weighted by molar-refractivity contribution is 7.13. The molecule has 0 saturated heterocycles.